The van der Waals surface area contributed by atoms with Crippen molar-refractivity contribution in [2.75, 3.05) is 0 Å². The van der Waals surface area contributed by atoms with Crippen LogP contribution in [0.3, 0.4) is 0 Å². The Morgan fingerprint density at radius 1 is 1.28 bits per heavy atom. The van der Waals surface area contributed by atoms with Crippen LogP contribution in [0.4, 0.5) is 0 Å². The quantitative estimate of drug-likeness (QED) is 0.875. The predicted octanol–water partition coefficient (Wildman–Crippen LogP) is 2.60. The van der Waals surface area contributed by atoms with E-state index in [1.807, 2.05) is 6.92 Å². The maximum atomic E-state index is 12.2. The number of oxazole rings is 1. The third-order valence-electron chi connectivity index (χ3n) is 4.51. The van der Waals surface area contributed by atoms with Gasteiger partial charge in [-0.3, -0.25) is 4.79 Å². The highest BCUT2D eigenvalue weighted by molar-refractivity contribution is 5.92. The fourth-order valence-electron chi connectivity index (χ4n) is 3.72. The lowest BCUT2D eigenvalue weighted by Crippen LogP contribution is -2.37. The van der Waals surface area contributed by atoms with Crippen molar-refractivity contribution in [3.63, 3.8) is 0 Å². The van der Waals surface area contributed by atoms with Crippen LogP contribution in [0.5, 0.6) is 0 Å². The predicted molar refractivity (Wildman–Crippen MR) is 67.3 cm³/mol. The smallest absolute Gasteiger partial charge is 0.289 e. The number of carbonyl (C=O) groups is 1. The van der Waals surface area contributed by atoms with E-state index in [1.54, 1.807) is 6.92 Å². The number of rotatable bonds is 2. The highest BCUT2D eigenvalue weighted by Gasteiger charge is 2.40. The van der Waals surface area contributed by atoms with Gasteiger partial charge in [0.25, 0.3) is 5.91 Å². The normalized spacial score (nSPS) is 30.4. The van der Waals surface area contributed by atoms with Gasteiger partial charge in [-0.2, -0.15) is 0 Å². The first-order valence-electron chi connectivity index (χ1n) is 6.90. The van der Waals surface area contributed by atoms with Crippen LogP contribution in [0.25, 0.3) is 0 Å². The molecule has 0 spiro atoms. The second-order valence-corrected chi connectivity index (χ2v) is 5.66. The van der Waals surface area contributed by atoms with Gasteiger partial charge in [0.15, 0.2) is 5.89 Å². The number of hydrogen-bond donors (Lipinski definition) is 1. The zero-order chi connectivity index (χ0) is 12.7. The van der Waals surface area contributed by atoms with Gasteiger partial charge in [-0.05, 0) is 38.0 Å². The first-order valence-corrected chi connectivity index (χ1v) is 6.90. The molecular weight excluding hydrogens is 228 g/mol. The Morgan fingerprint density at radius 3 is 2.83 bits per heavy atom. The molecule has 1 N–H and O–H groups in total. The number of carbonyl (C=O) groups excluding carboxylic acids is 1. The van der Waals surface area contributed by atoms with E-state index in [0.717, 1.165) is 12.3 Å². The molecule has 1 heterocycles. The molecule has 2 saturated carbocycles. The summed E-state index contributed by atoms with van der Waals surface area (Å²) in [5.41, 5.74) is 0.686. The van der Waals surface area contributed by atoms with Gasteiger partial charge in [0.1, 0.15) is 0 Å². The van der Waals surface area contributed by atoms with Crippen LogP contribution in [0.15, 0.2) is 4.42 Å². The van der Waals surface area contributed by atoms with Gasteiger partial charge in [-0.15, -0.1) is 0 Å². The summed E-state index contributed by atoms with van der Waals surface area (Å²) in [5, 5.41) is 3.15. The minimum atomic E-state index is -0.0920. The van der Waals surface area contributed by atoms with Crippen molar-refractivity contribution < 1.29 is 9.21 Å². The minimum absolute atomic E-state index is 0.0920. The summed E-state index contributed by atoms with van der Waals surface area (Å²) in [5.74, 6) is 2.38. The van der Waals surface area contributed by atoms with E-state index in [2.05, 4.69) is 10.3 Å². The Labute approximate surface area is 107 Å². The molecule has 0 aromatic carbocycles. The van der Waals surface area contributed by atoms with Gasteiger partial charge < -0.3 is 9.73 Å². The van der Waals surface area contributed by atoms with Crippen molar-refractivity contribution in [3.05, 3.63) is 17.3 Å². The van der Waals surface area contributed by atoms with Crippen molar-refractivity contribution in [1.29, 1.82) is 0 Å². The van der Waals surface area contributed by atoms with Crippen molar-refractivity contribution in [3.8, 4) is 0 Å². The van der Waals surface area contributed by atoms with E-state index in [4.69, 9.17) is 4.42 Å². The topological polar surface area (TPSA) is 55.1 Å². The SMILES string of the molecule is Cc1nc(C)c(C(=O)NC2CCC3CCCC32)o1. The van der Waals surface area contributed by atoms with Crippen molar-refractivity contribution in [1.82, 2.24) is 10.3 Å². The number of fused-ring (bicyclic) bond motifs is 1. The number of aromatic nitrogens is 1. The first kappa shape index (κ1) is 11.8. The Hall–Kier alpha value is -1.32. The van der Waals surface area contributed by atoms with E-state index < -0.39 is 0 Å². The molecule has 4 heteroatoms. The summed E-state index contributed by atoms with van der Waals surface area (Å²) in [6.45, 7) is 3.59. The minimum Gasteiger partial charge on any atom is -0.436 e. The van der Waals surface area contributed by atoms with Crippen LogP contribution < -0.4 is 5.32 Å². The van der Waals surface area contributed by atoms with E-state index >= 15 is 0 Å². The molecule has 2 fully saturated rings. The molecule has 3 atom stereocenters. The molecule has 0 radical (unpaired) electrons. The standard InChI is InChI=1S/C14H20N2O2/c1-8-13(18-9(2)15-8)14(17)16-12-7-6-10-4-3-5-11(10)12/h10-12H,3-7H2,1-2H3,(H,16,17). The average Bonchev–Trinajstić information content (AvgIpc) is 2.96. The van der Waals surface area contributed by atoms with Crippen LogP contribution in [-0.4, -0.2) is 16.9 Å². The van der Waals surface area contributed by atoms with Gasteiger partial charge in [0, 0.05) is 13.0 Å². The summed E-state index contributed by atoms with van der Waals surface area (Å²) in [4.78, 5) is 16.3. The van der Waals surface area contributed by atoms with E-state index in [1.165, 1.54) is 25.7 Å². The Bertz CT molecular complexity index is 466. The highest BCUT2D eigenvalue weighted by atomic mass is 16.4. The fraction of sp³-hybridized carbons (Fsp3) is 0.714. The second kappa shape index (κ2) is 4.41. The molecule has 98 valence electrons. The number of nitrogens with one attached hydrogen (secondary N) is 1. The fourth-order valence-corrected chi connectivity index (χ4v) is 3.72. The molecule has 2 aliphatic carbocycles. The zero-order valence-electron chi connectivity index (χ0n) is 11.0. The van der Waals surface area contributed by atoms with Gasteiger partial charge in [0.2, 0.25) is 5.76 Å². The van der Waals surface area contributed by atoms with Gasteiger partial charge >= 0.3 is 0 Å². The van der Waals surface area contributed by atoms with Crippen LogP contribution in [0, 0.1) is 25.7 Å². The highest BCUT2D eigenvalue weighted by Crippen LogP contribution is 2.44. The van der Waals surface area contributed by atoms with Crippen LogP contribution in [0.2, 0.25) is 0 Å². The van der Waals surface area contributed by atoms with Crippen LogP contribution >= 0.6 is 0 Å². The summed E-state index contributed by atoms with van der Waals surface area (Å²) < 4.78 is 5.37. The Balaban J connectivity index is 1.69. The van der Waals surface area contributed by atoms with Gasteiger partial charge in [0.05, 0.1) is 5.69 Å². The molecular formula is C14H20N2O2. The number of amides is 1. The molecule has 1 aromatic rings. The number of hydrogen-bond acceptors (Lipinski definition) is 3. The number of aryl methyl sites for hydroxylation is 2. The third kappa shape index (κ3) is 1.93. The van der Waals surface area contributed by atoms with Crippen LogP contribution in [-0.2, 0) is 0 Å². The molecule has 3 rings (SSSR count). The lowest BCUT2D eigenvalue weighted by molar-refractivity contribution is 0.0896. The van der Waals surface area contributed by atoms with Crippen molar-refractivity contribution in [2.24, 2.45) is 11.8 Å². The van der Waals surface area contributed by atoms with Crippen molar-refractivity contribution >= 4 is 5.91 Å². The lowest BCUT2D eigenvalue weighted by Gasteiger charge is -2.19. The molecule has 18 heavy (non-hydrogen) atoms. The van der Waals surface area contributed by atoms with Crippen LogP contribution in [0.1, 0.15) is 54.2 Å². The lowest BCUT2D eigenvalue weighted by atomic mass is 9.97. The van der Waals surface area contributed by atoms with E-state index in [-0.39, 0.29) is 5.91 Å². The molecule has 0 saturated heterocycles. The molecule has 0 aliphatic heterocycles. The van der Waals surface area contributed by atoms with E-state index in [0.29, 0.717) is 29.3 Å². The molecule has 2 aliphatic rings. The zero-order valence-corrected chi connectivity index (χ0v) is 11.0. The third-order valence-corrected chi connectivity index (χ3v) is 4.51. The summed E-state index contributed by atoms with van der Waals surface area (Å²) in [7, 11) is 0. The maximum Gasteiger partial charge on any atom is 0.289 e. The summed E-state index contributed by atoms with van der Waals surface area (Å²) >= 11 is 0. The van der Waals surface area contributed by atoms with Gasteiger partial charge in [-0.1, -0.05) is 12.8 Å². The van der Waals surface area contributed by atoms with Gasteiger partial charge in [-0.25, -0.2) is 4.98 Å². The maximum absolute atomic E-state index is 12.2. The molecule has 4 nitrogen and oxygen atoms in total. The molecule has 1 amide bonds. The number of nitrogens with zero attached hydrogens (tertiary/aromatic N) is 1. The summed E-state index contributed by atoms with van der Waals surface area (Å²) in [6.07, 6.45) is 6.32. The summed E-state index contributed by atoms with van der Waals surface area (Å²) in [6, 6.07) is 0.342. The monoisotopic (exact) mass is 248 g/mol. The first-order chi connectivity index (χ1) is 8.65. The Morgan fingerprint density at radius 2 is 2.11 bits per heavy atom. The molecule has 0 bridgehead atoms. The Kier molecular flexibility index (Phi) is 2.88. The molecule has 3 unspecified atom stereocenters. The largest absolute Gasteiger partial charge is 0.436 e. The van der Waals surface area contributed by atoms with Crippen molar-refractivity contribution in [2.45, 2.75) is 52.0 Å². The van der Waals surface area contributed by atoms with E-state index in [9.17, 15) is 4.79 Å². The average molecular weight is 248 g/mol. The molecule has 1 aromatic heterocycles. The second-order valence-electron chi connectivity index (χ2n) is 5.66.